The number of hydrogen-bond donors (Lipinski definition) is 1. The Hall–Kier alpha value is -3.93. The fourth-order valence-corrected chi connectivity index (χ4v) is 4.58. The van der Waals surface area contributed by atoms with E-state index < -0.39 is 0 Å². The lowest BCUT2D eigenvalue weighted by molar-refractivity contribution is -0.121. The number of nitrogens with one attached hydrogen (secondary N) is 1. The molecular formula is C27H25N3O3. The van der Waals surface area contributed by atoms with Crippen molar-refractivity contribution in [2.24, 2.45) is 5.92 Å². The summed E-state index contributed by atoms with van der Waals surface area (Å²) in [6.07, 6.45) is 3.30. The summed E-state index contributed by atoms with van der Waals surface area (Å²) in [6.45, 7) is 1.05. The van der Waals surface area contributed by atoms with Crippen LogP contribution in [0.4, 0.5) is 5.69 Å². The van der Waals surface area contributed by atoms with E-state index in [0.29, 0.717) is 18.7 Å². The molecule has 0 radical (unpaired) electrons. The number of benzene rings is 3. The van der Waals surface area contributed by atoms with E-state index in [1.54, 1.807) is 18.2 Å². The molecule has 0 spiro atoms. The van der Waals surface area contributed by atoms with Crippen molar-refractivity contribution in [1.82, 2.24) is 9.88 Å². The van der Waals surface area contributed by atoms with Gasteiger partial charge in [-0.1, -0.05) is 30.3 Å². The van der Waals surface area contributed by atoms with Gasteiger partial charge in [0.05, 0.1) is 18.5 Å². The summed E-state index contributed by atoms with van der Waals surface area (Å²) in [5.41, 5.74) is 2.26. The fourth-order valence-electron chi connectivity index (χ4n) is 4.58. The molecule has 6 heteroatoms. The van der Waals surface area contributed by atoms with Gasteiger partial charge in [0.1, 0.15) is 5.75 Å². The molecule has 0 bridgehead atoms. The SMILES string of the molecule is COc1ccc(C(=O)N2CCCC(C(=O)Nc3ccc4ncccc4c3)C2)c2ccccc12. The first-order valence-electron chi connectivity index (χ1n) is 11.1. The molecule has 0 aliphatic carbocycles. The van der Waals surface area contributed by atoms with Crippen LogP contribution >= 0.6 is 0 Å². The van der Waals surface area contributed by atoms with Crippen LogP contribution in [0.15, 0.2) is 72.9 Å². The van der Waals surface area contributed by atoms with Gasteiger partial charge in [0.15, 0.2) is 0 Å². The molecule has 5 rings (SSSR count). The van der Waals surface area contributed by atoms with Crippen molar-refractivity contribution in [3.63, 3.8) is 0 Å². The van der Waals surface area contributed by atoms with Crippen molar-refractivity contribution >= 4 is 39.2 Å². The first-order valence-corrected chi connectivity index (χ1v) is 11.1. The maximum absolute atomic E-state index is 13.4. The highest BCUT2D eigenvalue weighted by Crippen LogP contribution is 2.30. The number of rotatable bonds is 4. The number of likely N-dealkylation sites (tertiary alicyclic amines) is 1. The molecule has 0 saturated carbocycles. The minimum atomic E-state index is -0.253. The maximum Gasteiger partial charge on any atom is 0.254 e. The Balaban J connectivity index is 1.33. The van der Waals surface area contributed by atoms with E-state index in [1.165, 1.54) is 0 Å². The standard InChI is InChI=1S/C27H25N3O3/c1-33-25-13-11-23(21-8-2-3-9-22(21)25)27(32)30-15-5-7-19(17-30)26(31)29-20-10-12-24-18(16-20)6-4-14-28-24/h2-4,6,8-14,16,19H,5,7,15,17H2,1H3,(H,29,31). The summed E-state index contributed by atoms with van der Waals surface area (Å²) in [6, 6.07) is 20.9. The number of piperidine rings is 1. The van der Waals surface area contributed by atoms with E-state index >= 15 is 0 Å². The summed E-state index contributed by atoms with van der Waals surface area (Å²) in [5, 5.41) is 5.77. The van der Waals surface area contributed by atoms with E-state index in [1.807, 2.05) is 66.7 Å². The Labute approximate surface area is 192 Å². The second kappa shape index (κ2) is 8.90. The van der Waals surface area contributed by atoms with Gasteiger partial charge in [0.2, 0.25) is 5.91 Å². The molecule has 166 valence electrons. The minimum absolute atomic E-state index is 0.0527. The molecule has 2 amide bonds. The zero-order chi connectivity index (χ0) is 22.8. The average molecular weight is 440 g/mol. The van der Waals surface area contributed by atoms with E-state index in [2.05, 4.69) is 10.3 Å². The number of ether oxygens (including phenoxy) is 1. The average Bonchev–Trinajstić information content (AvgIpc) is 2.87. The predicted octanol–water partition coefficient (Wildman–Crippen LogP) is 4.89. The number of amides is 2. The van der Waals surface area contributed by atoms with Crippen LogP contribution in [0.1, 0.15) is 23.2 Å². The Morgan fingerprint density at radius 3 is 2.73 bits per heavy atom. The van der Waals surface area contributed by atoms with E-state index in [0.717, 1.165) is 46.0 Å². The van der Waals surface area contributed by atoms with Crippen molar-refractivity contribution in [1.29, 1.82) is 0 Å². The topological polar surface area (TPSA) is 71.5 Å². The molecule has 1 fully saturated rings. The molecule has 33 heavy (non-hydrogen) atoms. The Kier molecular flexibility index (Phi) is 5.65. The monoisotopic (exact) mass is 439 g/mol. The second-order valence-corrected chi connectivity index (χ2v) is 8.35. The van der Waals surface area contributed by atoms with Gasteiger partial charge < -0.3 is 15.0 Å². The van der Waals surface area contributed by atoms with Crippen LogP contribution in [0, 0.1) is 5.92 Å². The highest BCUT2D eigenvalue weighted by atomic mass is 16.5. The van der Waals surface area contributed by atoms with Gasteiger partial charge in [0.25, 0.3) is 5.91 Å². The summed E-state index contributed by atoms with van der Waals surface area (Å²) >= 11 is 0. The van der Waals surface area contributed by atoms with Crippen LogP contribution in [0.2, 0.25) is 0 Å². The van der Waals surface area contributed by atoms with Crippen molar-refractivity contribution < 1.29 is 14.3 Å². The number of aromatic nitrogens is 1. The Morgan fingerprint density at radius 2 is 1.88 bits per heavy atom. The van der Waals surface area contributed by atoms with Crippen LogP contribution in [0.3, 0.4) is 0 Å². The number of pyridine rings is 1. The lowest BCUT2D eigenvalue weighted by Crippen LogP contribution is -2.43. The van der Waals surface area contributed by atoms with Gasteiger partial charge >= 0.3 is 0 Å². The molecule has 1 unspecified atom stereocenters. The molecule has 1 aliphatic rings. The lowest BCUT2D eigenvalue weighted by Gasteiger charge is -2.32. The normalized spacial score (nSPS) is 16.0. The van der Waals surface area contributed by atoms with Gasteiger partial charge in [-0.2, -0.15) is 0 Å². The van der Waals surface area contributed by atoms with Crippen LogP contribution in [-0.2, 0) is 4.79 Å². The minimum Gasteiger partial charge on any atom is -0.496 e. The largest absolute Gasteiger partial charge is 0.496 e. The number of fused-ring (bicyclic) bond motifs is 2. The van der Waals surface area contributed by atoms with Crippen LogP contribution in [0.25, 0.3) is 21.7 Å². The van der Waals surface area contributed by atoms with Gasteiger partial charge in [0, 0.05) is 41.3 Å². The highest BCUT2D eigenvalue weighted by Gasteiger charge is 2.30. The van der Waals surface area contributed by atoms with Crippen molar-refractivity contribution in [3.8, 4) is 5.75 Å². The van der Waals surface area contributed by atoms with Crippen molar-refractivity contribution in [3.05, 3.63) is 78.5 Å². The fraction of sp³-hybridized carbons (Fsp3) is 0.222. The van der Waals surface area contributed by atoms with Crippen molar-refractivity contribution in [2.75, 3.05) is 25.5 Å². The Bertz CT molecular complexity index is 1350. The number of nitrogens with zero attached hydrogens (tertiary/aromatic N) is 2. The molecule has 1 N–H and O–H groups in total. The molecule has 1 aromatic heterocycles. The zero-order valence-corrected chi connectivity index (χ0v) is 18.5. The summed E-state index contributed by atoms with van der Waals surface area (Å²) < 4.78 is 5.46. The van der Waals surface area contributed by atoms with Gasteiger partial charge in [-0.25, -0.2) is 0 Å². The molecule has 1 atom stereocenters. The van der Waals surface area contributed by atoms with Gasteiger partial charge in [-0.3, -0.25) is 14.6 Å². The molecule has 2 heterocycles. The molecular weight excluding hydrogens is 414 g/mol. The smallest absolute Gasteiger partial charge is 0.254 e. The summed E-state index contributed by atoms with van der Waals surface area (Å²) in [4.78, 5) is 32.6. The molecule has 1 aliphatic heterocycles. The molecule has 1 saturated heterocycles. The van der Waals surface area contributed by atoms with Gasteiger partial charge in [-0.15, -0.1) is 0 Å². The zero-order valence-electron chi connectivity index (χ0n) is 18.5. The highest BCUT2D eigenvalue weighted by molar-refractivity contribution is 6.09. The van der Waals surface area contributed by atoms with Crippen LogP contribution < -0.4 is 10.1 Å². The van der Waals surface area contributed by atoms with E-state index in [-0.39, 0.29) is 17.7 Å². The van der Waals surface area contributed by atoms with Gasteiger partial charge in [-0.05, 0) is 54.6 Å². The maximum atomic E-state index is 13.4. The third-order valence-electron chi connectivity index (χ3n) is 6.28. The Morgan fingerprint density at radius 1 is 1.03 bits per heavy atom. The number of anilines is 1. The predicted molar refractivity (Wildman–Crippen MR) is 130 cm³/mol. The second-order valence-electron chi connectivity index (χ2n) is 8.35. The first-order chi connectivity index (χ1) is 16.1. The molecule has 4 aromatic rings. The van der Waals surface area contributed by atoms with Crippen LogP contribution in [0.5, 0.6) is 5.75 Å². The molecule has 6 nitrogen and oxygen atoms in total. The number of carbonyl (C=O) groups is 2. The number of hydrogen-bond acceptors (Lipinski definition) is 4. The third kappa shape index (κ3) is 4.12. The summed E-state index contributed by atoms with van der Waals surface area (Å²) in [5.74, 6) is 0.374. The third-order valence-corrected chi connectivity index (χ3v) is 6.28. The van der Waals surface area contributed by atoms with E-state index in [9.17, 15) is 9.59 Å². The molecule has 3 aromatic carbocycles. The number of carbonyl (C=O) groups excluding carboxylic acids is 2. The summed E-state index contributed by atoms with van der Waals surface area (Å²) in [7, 11) is 1.63. The van der Waals surface area contributed by atoms with E-state index in [4.69, 9.17) is 4.74 Å². The van der Waals surface area contributed by atoms with Crippen molar-refractivity contribution in [2.45, 2.75) is 12.8 Å². The number of methoxy groups -OCH3 is 1. The first kappa shape index (κ1) is 20.9. The quantitative estimate of drug-likeness (QED) is 0.492. The lowest BCUT2D eigenvalue weighted by atomic mass is 9.95. The van der Waals surface area contributed by atoms with Crippen LogP contribution in [-0.4, -0.2) is 41.9 Å².